The Bertz CT molecular complexity index is 460. The predicted molar refractivity (Wildman–Crippen MR) is 86.6 cm³/mol. The minimum absolute atomic E-state index is 0.736. The summed E-state index contributed by atoms with van der Waals surface area (Å²) in [5.41, 5.74) is 1.34. The van der Waals surface area contributed by atoms with Crippen LogP contribution in [0.1, 0.15) is 32.3 Å². The Kier molecular flexibility index (Phi) is 4.81. The lowest BCUT2D eigenvalue weighted by Crippen LogP contribution is -2.51. The topological polar surface area (TPSA) is 24.5 Å². The molecule has 21 heavy (non-hydrogen) atoms. The first-order chi connectivity index (χ1) is 10.2. The maximum absolute atomic E-state index is 5.89. The van der Waals surface area contributed by atoms with Crippen LogP contribution in [-0.2, 0) is 6.54 Å². The monoisotopic (exact) mass is 288 g/mol. The van der Waals surface area contributed by atoms with Gasteiger partial charge in [-0.1, -0.05) is 32.0 Å². The molecule has 2 unspecified atom stereocenters. The van der Waals surface area contributed by atoms with Crippen LogP contribution >= 0.6 is 0 Å². The fraction of sp³-hybridized carbons (Fsp3) is 0.667. The summed E-state index contributed by atoms with van der Waals surface area (Å²) in [4.78, 5) is 2.64. The van der Waals surface area contributed by atoms with Gasteiger partial charge in [0.15, 0.2) is 0 Å². The van der Waals surface area contributed by atoms with Crippen LogP contribution in [-0.4, -0.2) is 37.2 Å². The predicted octanol–water partition coefficient (Wildman–Crippen LogP) is 2.91. The van der Waals surface area contributed by atoms with Crippen molar-refractivity contribution in [2.75, 3.05) is 26.2 Å². The smallest absolute Gasteiger partial charge is 0.123 e. The summed E-state index contributed by atoms with van der Waals surface area (Å²) >= 11 is 0. The Morgan fingerprint density at radius 3 is 2.90 bits per heavy atom. The Morgan fingerprint density at radius 1 is 1.29 bits per heavy atom. The van der Waals surface area contributed by atoms with Gasteiger partial charge >= 0.3 is 0 Å². The lowest BCUT2D eigenvalue weighted by molar-refractivity contribution is 0.0511. The number of ether oxygens (including phenoxy) is 1. The molecule has 0 spiro atoms. The van der Waals surface area contributed by atoms with Crippen LogP contribution in [0.25, 0.3) is 0 Å². The second-order valence-corrected chi connectivity index (χ2v) is 6.88. The third kappa shape index (κ3) is 3.58. The first-order valence-corrected chi connectivity index (χ1v) is 8.39. The van der Waals surface area contributed by atoms with Crippen molar-refractivity contribution >= 4 is 0 Å². The summed E-state index contributed by atoms with van der Waals surface area (Å²) in [7, 11) is 0. The Labute approximate surface area is 128 Å². The molecule has 0 aromatic heterocycles. The van der Waals surface area contributed by atoms with Crippen molar-refractivity contribution in [1.29, 1.82) is 0 Å². The molecule has 1 N–H and O–H groups in total. The van der Waals surface area contributed by atoms with Crippen LogP contribution in [0.2, 0.25) is 0 Å². The minimum atomic E-state index is 0.736. The van der Waals surface area contributed by atoms with E-state index in [1.54, 1.807) is 0 Å². The number of hydrogen-bond donors (Lipinski definition) is 1. The van der Waals surface area contributed by atoms with Crippen LogP contribution in [0, 0.1) is 11.8 Å². The average molecular weight is 288 g/mol. The van der Waals surface area contributed by atoms with E-state index in [2.05, 4.69) is 48.3 Å². The molecule has 3 rings (SSSR count). The fourth-order valence-electron chi connectivity index (χ4n) is 3.46. The van der Waals surface area contributed by atoms with Gasteiger partial charge in [0.2, 0.25) is 0 Å². The van der Waals surface area contributed by atoms with Gasteiger partial charge in [0.1, 0.15) is 12.4 Å². The van der Waals surface area contributed by atoms with Crippen molar-refractivity contribution in [2.45, 2.75) is 39.3 Å². The van der Waals surface area contributed by atoms with Crippen LogP contribution in [0.15, 0.2) is 24.3 Å². The second-order valence-electron chi connectivity index (χ2n) is 6.88. The highest BCUT2D eigenvalue weighted by Gasteiger charge is 2.35. The van der Waals surface area contributed by atoms with Gasteiger partial charge in [-0.3, -0.25) is 4.90 Å². The molecule has 0 amide bonds. The maximum Gasteiger partial charge on any atom is 0.123 e. The van der Waals surface area contributed by atoms with Crippen molar-refractivity contribution in [3.8, 4) is 5.75 Å². The lowest BCUT2D eigenvalue weighted by Gasteiger charge is -2.44. The van der Waals surface area contributed by atoms with E-state index in [-0.39, 0.29) is 0 Å². The molecular weight excluding hydrogens is 260 g/mol. The highest BCUT2D eigenvalue weighted by atomic mass is 16.5. The molecule has 1 fully saturated rings. The van der Waals surface area contributed by atoms with E-state index in [9.17, 15) is 0 Å². The summed E-state index contributed by atoms with van der Waals surface area (Å²) in [6.45, 7) is 9.76. The largest absolute Gasteiger partial charge is 0.492 e. The van der Waals surface area contributed by atoms with Crippen molar-refractivity contribution in [3.63, 3.8) is 0 Å². The van der Waals surface area contributed by atoms with Gasteiger partial charge in [-0.15, -0.1) is 0 Å². The van der Waals surface area contributed by atoms with Crippen molar-refractivity contribution in [3.05, 3.63) is 29.8 Å². The lowest BCUT2D eigenvalue weighted by atomic mass is 9.78. The van der Waals surface area contributed by atoms with Crippen LogP contribution in [0.4, 0.5) is 0 Å². The van der Waals surface area contributed by atoms with E-state index in [4.69, 9.17) is 4.74 Å². The summed E-state index contributed by atoms with van der Waals surface area (Å²) < 4.78 is 5.89. The molecule has 3 heteroatoms. The first kappa shape index (κ1) is 14.9. The van der Waals surface area contributed by atoms with E-state index in [1.165, 1.54) is 24.9 Å². The van der Waals surface area contributed by atoms with Crippen LogP contribution < -0.4 is 10.1 Å². The zero-order valence-electron chi connectivity index (χ0n) is 13.3. The molecule has 0 bridgehead atoms. The fourth-order valence-corrected chi connectivity index (χ4v) is 3.46. The second kappa shape index (κ2) is 6.80. The van der Waals surface area contributed by atoms with Crippen molar-refractivity contribution < 1.29 is 4.74 Å². The quantitative estimate of drug-likeness (QED) is 0.901. The van der Waals surface area contributed by atoms with Crippen molar-refractivity contribution in [1.82, 2.24) is 10.2 Å². The van der Waals surface area contributed by atoms with Gasteiger partial charge in [0.05, 0.1) is 0 Å². The molecule has 1 aromatic rings. The zero-order chi connectivity index (χ0) is 14.7. The molecule has 3 nitrogen and oxygen atoms in total. The highest BCUT2D eigenvalue weighted by molar-refractivity contribution is 5.33. The van der Waals surface area contributed by atoms with E-state index in [0.29, 0.717) is 0 Å². The molecule has 1 aliphatic heterocycles. The molecule has 1 aromatic carbocycles. The standard InChI is InChI=1S/C18H28N2O/c1-14(2)11-19-12-15-7-8-17(15)20-9-10-21-18-6-4-3-5-16(18)13-20/h3-6,14-15,17,19H,7-13H2,1-2H3. The molecule has 1 aliphatic carbocycles. The number of rotatable bonds is 5. The maximum atomic E-state index is 5.89. The summed E-state index contributed by atoms with van der Waals surface area (Å²) in [6.07, 6.45) is 2.71. The van der Waals surface area contributed by atoms with E-state index in [1.807, 2.05) is 0 Å². The number of nitrogens with zero attached hydrogens (tertiary/aromatic N) is 1. The SMILES string of the molecule is CC(C)CNCC1CCC1N1CCOc2ccccc2C1. The summed E-state index contributed by atoms with van der Waals surface area (Å²) in [5.74, 6) is 2.63. The van der Waals surface area contributed by atoms with Crippen LogP contribution in [0.5, 0.6) is 5.75 Å². The van der Waals surface area contributed by atoms with Gasteiger partial charge in [-0.05, 0) is 43.8 Å². The average Bonchev–Trinajstić information content (AvgIpc) is 2.64. The van der Waals surface area contributed by atoms with Gasteiger partial charge in [-0.25, -0.2) is 0 Å². The van der Waals surface area contributed by atoms with Crippen LogP contribution in [0.3, 0.4) is 0 Å². The normalized spacial score (nSPS) is 25.9. The number of nitrogens with one attached hydrogen (secondary N) is 1. The number of benzene rings is 1. The van der Waals surface area contributed by atoms with Gasteiger partial charge in [0, 0.05) is 24.7 Å². The third-order valence-electron chi connectivity index (χ3n) is 4.79. The Hall–Kier alpha value is -1.06. The molecular formula is C18H28N2O. The molecule has 0 radical (unpaired) electrons. The molecule has 0 saturated heterocycles. The zero-order valence-corrected chi connectivity index (χ0v) is 13.3. The molecule has 1 heterocycles. The summed E-state index contributed by atoms with van der Waals surface area (Å²) in [5, 5.41) is 3.63. The van der Waals surface area contributed by atoms with Gasteiger partial charge < -0.3 is 10.1 Å². The van der Waals surface area contributed by atoms with E-state index >= 15 is 0 Å². The Balaban J connectivity index is 1.57. The first-order valence-electron chi connectivity index (χ1n) is 8.39. The van der Waals surface area contributed by atoms with Gasteiger partial charge in [0.25, 0.3) is 0 Å². The van der Waals surface area contributed by atoms with Gasteiger partial charge in [-0.2, -0.15) is 0 Å². The van der Waals surface area contributed by atoms with E-state index in [0.717, 1.165) is 49.9 Å². The number of hydrogen-bond acceptors (Lipinski definition) is 3. The van der Waals surface area contributed by atoms with E-state index < -0.39 is 0 Å². The molecule has 116 valence electrons. The Morgan fingerprint density at radius 2 is 2.14 bits per heavy atom. The highest BCUT2D eigenvalue weighted by Crippen LogP contribution is 2.34. The molecule has 2 aliphatic rings. The number of fused-ring (bicyclic) bond motifs is 1. The molecule has 2 atom stereocenters. The summed E-state index contributed by atoms with van der Waals surface area (Å²) in [6, 6.07) is 9.23. The molecule has 1 saturated carbocycles. The number of para-hydroxylation sites is 1. The van der Waals surface area contributed by atoms with Crippen molar-refractivity contribution in [2.24, 2.45) is 11.8 Å². The third-order valence-corrected chi connectivity index (χ3v) is 4.79. The minimum Gasteiger partial charge on any atom is -0.492 e.